The summed E-state index contributed by atoms with van der Waals surface area (Å²) in [6.45, 7) is 0.278. The second-order valence-electron chi connectivity index (χ2n) is 5.57. The molecule has 0 N–H and O–H groups in total. The van der Waals surface area contributed by atoms with E-state index in [1.165, 1.54) is 0 Å². The number of benzene rings is 1. The smallest absolute Gasteiger partial charge is 0.309 e. The normalized spacial score (nSPS) is 10.3. The highest BCUT2D eigenvalue weighted by molar-refractivity contribution is 5.70. The van der Waals surface area contributed by atoms with E-state index in [9.17, 15) is 10.1 Å². The van der Waals surface area contributed by atoms with Gasteiger partial charge in [0.25, 0.3) is 0 Å². The Balaban J connectivity index is 1.50. The highest BCUT2D eigenvalue weighted by Gasteiger charge is 2.12. The van der Waals surface area contributed by atoms with E-state index < -0.39 is 0 Å². The van der Waals surface area contributed by atoms with Crippen molar-refractivity contribution >= 4 is 11.5 Å². The molecule has 3 rings (SSSR count). The number of nitrogens with zero attached hydrogens (tertiary/aromatic N) is 2. The molecule has 6 nitrogen and oxygen atoms in total. The number of hydrogen-bond donors (Lipinski definition) is 0. The van der Waals surface area contributed by atoms with Crippen LogP contribution >= 0.6 is 0 Å². The molecule has 0 saturated heterocycles. The molecule has 0 saturated carbocycles. The molecule has 2 heterocycles. The van der Waals surface area contributed by atoms with Crippen LogP contribution in [0.25, 0.3) is 5.52 Å². The number of fused-ring (bicyclic) bond motifs is 1. The van der Waals surface area contributed by atoms with Crippen molar-refractivity contribution in [3.05, 3.63) is 66.0 Å². The lowest BCUT2D eigenvalue weighted by molar-refractivity contribution is -0.145. The van der Waals surface area contributed by atoms with E-state index >= 15 is 0 Å². The van der Waals surface area contributed by atoms with E-state index in [0.29, 0.717) is 16.9 Å². The van der Waals surface area contributed by atoms with Gasteiger partial charge in [-0.05, 0) is 36.4 Å². The first-order valence-electron chi connectivity index (χ1n) is 8.12. The third-order valence-electron chi connectivity index (χ3n) is 3.90. The summed E-state index contributed by atoms with van der Waals surface area (Å²) < 4.78 is 17.7. The Bertz CT molecular complexity index is 939. The summed E-state index contributed by atoms with van der Waals surface area (Å²) in [4.78, 5) is 11.9. The zero-order valence-corrected chi connectivity index (χ0v) is 14.3. The maximum absolute atomic E-state index is 11.9. The molecule has 0 fully saturated rings. The number of methoxy groups -OCH3 is 1. The van der Waals surface area contributed by atoms with Crippen LogP contribution in [0, 0.1) is 11.3 Å². The van der Waals surface area contributed by atoms with Crippen molar-refractivity contribution in [1.82, 2.24) is 4.40 Å². The summed E-state index contributed by atoms with van der Waals surface area (Å²) in [6.07, 6.45) is 3.78. The molecule has 0 aliphatic carbocycles. The largest absolute Gasteiger partial charge is 0.497 e. The van der Waals surface area contributed by atoms with Crippen molar-refractivity contribution in [1.29, 1.82) is 5.26 Å². The lowest BCUT2D eigenvalue weighted by Crippen LogP contribution is -2.10. The fourth-order valence-electron chi connectivity index (χ4n) is 2.57. The minimum atomic E-state index is -0.377. The number of ether oxygens (including phenoxy) is 3. The van der Waals surface area contributed by atoms with Gasteiger partial charge in [0.05, 0.1) is 31.2 Å². The van der Waals surface area contributed by atoms with Crippen LogP contribution in [0.3, 0.4) is 0 Å². The van der Waals surface area contributed by atoms with Gasteiger partial charge in [0, 0.05) is 18.0 Å². The van der Waals surface area contributed by atoms with Gasteiger partial charge in [0.2, 0.25) is 0 Å². The zero-order chi connectivity index (χ0) is 18.4. The van der Waals surface area contributed by atoms with Crippen molar-refractivity contribution in [3.8, 4) is 17.6 Å². The van der Waals surface area contributed by atoms with Crippen molar-refractivity contribution in [3.63, 3.8) is 0 Å². The molecule has 0 atom stereocenters. The van der Waals surface area contributed by atoms with Gasteiger partial charge < -0.3 is 18.6 Å². The molecule has 2 aromatic heterocycles. The SMILES string of the molecule is COc1ccc(OCCC(=O)OCc2cn3ccccc3c2C#N)cc1. The first kappa shape index (κ1) is 17.4. The Morgan fingerprint density at radius 3 is 2.65 bits per heavy atom. The molecule has 0 aliphatic heterocycles. The van der Waals surface area contributed by atoms with Crippen LogP contribution in [0.2, 0.25) is 0 Å². The topological polar surface area (TPSA) is 73.0 Å². The average molecular weight is 350 g/mol. The number of rotatable bonds is 7. The second-order valence-corrected chi connectivity index (χ2v) is 5.57. The van der Waals surface area contributed by atoms with Gasteiger partial charge in [-0.25, -0.2) is 0 Å². The molecule has 1 aromatic carbocycles. The minimum absolute atomic E-state index is 0.0615. The molecule has 0 radical (unpaired) electrons. The van der Waals surface area contributed by atoms with Crippen LogP contribution in [-0.2, 0) is 16.1 Å². The van der Waals surface area contributed by atoms with E-state index in [0.717, 1.165) is 11.3 Å². The van der Waals surface area contributed by atoms with Crippen LogP contribution in [0.15, 0.2) is 54.9 Å². The number of carbonyl (C=O) groups excluding carboxylic acids is 1. The summed E-state index contributed by atoms with van der Waals surface area (Å²) in [5, 5.41) is 9.34. The second kappa shape index (κ2) is 8.08. The van der Waals surface area contributed by atoms with Gasteiger partial charge in [0.15, 0.2) is 0 Å². The quantitative estimate of drug-likeness (QED) is 0.611. The lowest BCUT2D eigenvalue weighted by atomic mass is 10.2. The first-order chi connectivity index (χ1) is 12.7. The molecular formula is C20H18N2O4. The molecule has 0 unspecified atom stereocenters. The Hall–Kier alpha value is -3.46. The van der Waals surface area contributed by atoms with Gasteiger partial charge >= 0.3 is 5.97 Å². The average Bonchev–Trinajstić information content (AvgIpc) is 3.04. The maximum Gasteiger partial charge on any atom is 0.309 e. The Morgan fingerprint density at radius 2 is 1.92 bits per heavy atom. The van der Waals surface area contributed by atoms with E-state index in [1.807, 2.05) is 28.8 Å². The van der Waals surface area contributed by atoms with Crippen molar-refractivity contribution in [2.75, 3.05) is 13.7 Å². The van der Waals surface area contributed by atoms with E-state index in [2.05, 4.69) is 6.07 Å². The number of pyridine rings is 1. The number of hydrogen-bond acceptors (Lipinski definition) is 5. The Labute approximate surface area is 151 Å². The maximum atomic E-state index is 11.9. The van der Waals surface area contributed by atoms with Gasteiger partial charge in [0.1, 0.15) is 24.2 Å². The minimum Gasteiger partial charge on any atom is -0.497 e. The van der Waals surface area contributed by atoms with Crippen LogP contribution in [-0.4, -0.2) is 24.1 Å². The Kier molecular flexibility index (Phi) is 5.40. The van der Waals surface area contributed by atoms with Crippen molar-refractivity contribution in [2.45, 2.75) is 13.0 Å². The van der Waals surface area contributed by atoms with Crippen LogP contribution in [0.4, 0.5) is 0 Å². The van der Waals surface area contributed by atoms with Crippen LogP contribution in [0.1, 0.15) is 17.5 Å². The van der Waals surface area contributed by atoms with E-state index in [-0.39, 0.29) is 25.6 Å². The van der Waals surface area contributed by atoms with E-state index in [4.69, 9.17) is 14.2 Å². The number of esters is 1. The molecule has 6 heteroatoms. The molecule has 0 spiro atoms. The van der Waals surface area contributed by atoms with Crippen LogP contribution in [0.5, 0.6) is 11.5 Å². The molecular weight excluding hydrogens is 332 g/mol. The summed E-state index contributed by atoms with van der Waals surface area (Å²) in [7, 11) is 1.60. The fourth-order valence-corrected chi connectivity index (χ4v) is 2.57. The molecule has 0 bridgehead atoms. The summed E-state index contributed by atoms with van der Waals surface area (Å²) in [5.74, 6) is 1.02. The third kappa shape index (κ3) is 3.95. The number of nitriles is 1. The third-order valence-corrected chi connectivity index (χ3v) is 3.90. The number of carbonyl (C=O) groups is 1. The Morgan fingerprint density at radius 1 is 1.15 bits per heavy atom. The van der Waals surface area contributed by atoms with Gasteiger partial charge in [-0.3, -0.25) is 4.79 Å². The predicted molar refractivity (Wildman–Crippen MR) is 95.0 cm³/mol. The zero-order valence-electron chi connectivity index (χ0n) is 14.3. The number of aromatic nitrogens is 1. The van der Waals surface area contributed by atoms with Gasteiger partial charge in [-0.15, -0.1) is 0 Å². The van der Waals surface area contributed by atoms with Gasteiger partial charge in [-0.2, -0.15) is 5.26 Å². The molecule has 132 valence electrons. The lowest BCUT2D eigenvalue weighted by Gasteiger charge is -2.07. The molecule has 0 aliphatic rings. The van der Waals surface area contributed by atoms with Gasteiger partial charge in [-0.1, -0.05) is 6.07 Å². The first-order valence-corrected chi connectivity index (χ1v) is 8.12. The molecule has 0 amide bonds. The van der Waals surface area contributed by atoms with Crippen LogP contribution < -0.4 is 9.47 Å². The fraction of sp³-hybridized carbons (Fsp3) is 0.200. The highest BCUT2D eigenvalue weighted by atomic mass is 16.5. The molecule has 3 aromatic rings. The summed E-state index contributed by atoms with van der Waals surface area (Å²) >= 11 is 0. The monoisotopic (exact) mass is 350 g/mol. The van der Waals surface area contributed by atoms with Crippen molar-refractivity contribution < 1.29 is 19.0 Å². The summed E-state index contributed by atoms with van der Waals surface area (Å²) in [6, 6.07) is 14.9. The standard InChI is InChI=1S/C20H18N2O4/c1-24-16-5-7-17(8-6-16)25-11-9-20(23)26-14-15-13-22-10-3-2-4-19(22)18(15)12-21/h2-8,10,13H,9,11,14H2,1H3. The predicted octanol–water partition coefficient (Wildman–Crippen LogP) is 3.33. The molecule has 26 heavy (non-hydrogen) atoms. The van der Waals surface area contributed by atoms with Crippen molar-refractivity contribution in [2.24, 2.45) is 0 Å². The van der Waals surface area contributed by atoms with E-state index in [1.54, 1.807) is 37.6 Å². The highest BCUT2D eigenvalue weighted by Crippen LogP contribution is 2.19. The summed E-state index contributed by atoms with van der Waals surface area (Å²) in [5.41, 5.74) is 2.00.